The fourth-order valence-corrected chi connectivity index (χ4v) is 1.53. The maximum Gasteiger partial charge on any atom is 0.222 e. The molecule has 0 aliphatic carbocycles. The van der Waals surface area contributed by atoms with Crippen molar-refractivity contribution in [2.45, 2.75) is 19.8 Å². The summed E-state index contributed by atoms with van der Waals surface area (Å²) in [5.74, 6) is 0.204. The molecule has 4 nitrogen and oxygen atoms in total. The topological polar surface area (TPSA) is 41.6 Å². The van der Waals surface area contributed by atoms with Gasteiger partial charge in [-0.15, -0.1) is 0 Å². The lowest BCUT2D eigenvalue weighted by Gasteiger charge is -2.38. The molecule has 1 N–H and O–H groups in total. The minimum absolute atomic E-state index is 0.204. The van der Waals surface area contributed by atoms with Crippen molar-refractivity contribution in [3.63, 3.8) is 0 Å². The highest BCUT2D eigenvalue weighted by molar-refractivity contribution is 5.75. The lowest BCUT2D eigenvalue weighted by atomic mass is 9.89. The van der Waals surface area contributed by atoms with Gasteiger partial charge in [0.05, 0.1) is 13.2 Å². The molecule has 1 aliphatic rings. The van der Waals surface area contributed by atoms with Gasteiger partial charge in [0.25, 0.3) is 0 Å². The summed E-state index contributed by atoms with van der Waals surface area (Å²) >= 11 is 0. The quantitative estimate of drug-likeness (QED) is 0.654. The summed E-state index contributed by atoms with van der Waals surface area (Å²) < 4.78 is 5.16. The zero-order valence-electron chi connectivity index (χ0n) is 10.0. The van der Waals surface area contributed by atoms with Crippen LogP contribution >= 0.6 is 0 Å². The van der Waals surface area contributed by atoms with Gasteiger partial charge in [-0.1, -0.05) is 6.92 Å². The van der Waals surface area contributed by atoms with Crippen molar-refractivity contribution in [2.75, 3.05) is 40.4 Å². The highest BCUT2D eigenvalue weighted by Crippen LogP contribution is 2.24. The summed E-state index contributed by atoms with van der Waals surface area (Å²) in [7, 11) is 3.59. The van der Waals surface area contributed by atoms with Crippen LogP contribution in [-0.2, 0) is 9.53 Å². The molecule has 15 heavy (non-hydrogen) atoms. The number of nitrogens with one attached hydrogen (secondary N) is 1. The van der Waals surface area contributed by atoms with E-state index in [1.807, 2.05) is 0 Å². The molecule has 1 rings (SSSR count). The van der Waals surface area contributed by atoms with E-state index in [0.717, 1.165) is 32.7 Å². The second-order valence-electron chi connectivity index (χ2n) is 4.87. The van der Waals surface area contributed by atoms with E-state index in [1.54, 1.807) is 19.0 Å². The van der Waals surface area contributed by atoms with Crippen molar-refractivity contribution in [2.24, 2.45) is 5.41 Å². The first-order chi connectivity index (χ1) is 7.03. The highest BCUT2D eigenvalue weighted by Gasteiger charge is 2.32. The molecular weight excluding hydrogens is 192 g/mol. The van der Waals surface area contributed by atoms with Crippen molar-refractivity contribution in [3.8, 4) is 0 Å². The van der Waals surface area contributed by atoms with Gasteiger partial charge < -0.3 is 15.0 Å². The molecule has 0 unspecified atom stereocenters. The van der Waals surface area contributed by atoms with Gasteiger partial charge in [0.1, 0.15) is 0 Å². The molecule has 0 spiro atoms. The largest absolute Gasteiger partial charge is 0.380 e. The molecule has 1 saturated heterocycles. The zero-order valence-corrected chi connectivity index (χ0v) is 10.0. The van der Waals surface area contributed by atoms with Crippen molar-refractivity contribution >= 4 is 5.91 Å². The first-order valence-corrected chi connectivity index (χ1v) is 5.52. The molecule has 0 saturated carbocycles. The lowest BCUT2D eigenvalue weighted by molar-refractivity contribution is -0.128. The molecule has 1 heterocycles. The summed E-state index contributed by atoms with van der Waals surface area (Å²) in [6, 6.07) is 0. The molecule has 1 amide bonds. The Labute approximate surface area is 92.0 Å². The molecule has 1 aliphatic heterocycles. The van der Waals surface area contributed by atoms with Crippen LogP contribution in [0.2, 0.25) is 0 Å². The monoisotopic (exact) mass is 214 g/mol. The van der Waals surface area contributed by atoms with Gasteiger partial charge in [0.15, 0.2) is 0 Å². The number of hydrogen-bond donors (Lipinski definition) is 1. The number of ether oxygens (including phenoxy) is 1. The number of hydrogen-bond acceptors (Lipinski definition) is 3. The van der Waals surface area contributed by atoms with E-state index in [1.165, 1.54) is 0 Å². The Kier molecular flexibility index (Phi) is 4.54. The van der Waals surface area contributed by atoms with Crippen molar-refractivity contribution < 1.29 is 9.53 Å². The SMILES string of the molecule is CN(C)C(=O)CCCNCC1(C)COC1. The Morgan fingerprint density at radius 3 is 2.60 bits per heavy atom. The maximum atomic E-state index is 11.2. The van der Waals surface area contributed by atoms with E-state index in [4.69, 9.17) is 4.74 Å². The van der Waals surface area contributed by atoms with Crippen LogP contribution in [-0.4, -0.2) is 51.2 Å². The second kappa shape index (κ2) is 5.47. The molecule has 0 aromatic rings. The number of carbonyl (C=O) groups is 1. The summed E-state index contributed by atoms with van der Waals surface area (Å²) in [6.45, 7) is 5.83. The summed E-state index contributed by atoms with van der Waals surface area (Å²) in [4.78, 5) is 12.9. The zero-order chi connectivity index (χ0) is 11.3. The fourth-order valence-electron chi connectivity index (χ4n) is 1.53. The molecule has 88 valence electrons. The molecule has 1 fully saturated rings. The maximum absolute atomic E-state index is 11.2. The lowest BCUT2D eigenvalue weighted by Crippen LogP contribution is -2.47. The Morgan fingerprint density at radius 1 is 1.47 bits per heavy atom. The van der Waals surface area contributed by atoms with E-state index < -0.39 is 0 Å². The first-order valence-electron chi connectivity index (χ1n) is 5.52. The fraction of sp³-hybridized carbons (Fsp3) is 0.909. The summed E-state index contributed by atoms with van der Waals surface area (Å²) in [6.07, 6.45) is 1.54. The van der Waals surface area contributed by atoms with Crippen molar-refractivity contribution in [1.82, 2.24) is 10.2 Å². The molecule has 0 bridgehead atoms. The van der Waals surface area contributed by atoms with E-state index in [2.05, 4.69) is 12.2 Å². The van der Waals surface area contributed by atoms with E-state index >= 15 is 0 Å². The van der Waals surface area contributed by atoms with Crippen LogP contribution in [0, 0.1) is 5.41 Å². The smallest absolute Gasteiger partial charge is 0.222 e. The number of nitrogens with zero attached hydrogens (tertiary/aromatic N) is 1. The van der Waals surface area contributed by atoms with Crippen LogP contribution in [0.3, 0.4) is 0 Å². The number of rotatable bonds is 6. The average molecular weight is 214 g/mol. The van der Waals surface area contributed by atoms with Crippen LogP contribution < -0.4 is 5.32 Å². The normalized spacial score (nSPS) is 18.3. The van der Waals surface area contributed by atoms with Crippen LogP contribution in [0.4, 0.5) is 0 Å². The Balaban J connectivity index is 1.95. The third-order valence-corrected chi connectivity index (χ3v) is 2.70. The van der Waals surface area contributed by atoms with Gasteiger partial charge in [-0.05, 0) is 13.0 Å². The van der Waals surface area contributed by atoms with Gasteiger partial charge in [0, 0.05) is 32.5 Å². The standard InChI is InChI=1S/C11H22N2O2/c1-11(8-15-9-11)7-12-6-4-5-10(14)13(2)3/h12H,4-9H2,1-3H3. The number of amides is 1. The molecule has 0 aromatic heterocycles. The highest BCUT2D eigenvalue weighted by atomic mass is 16.5. The van der Waals surface area contributed by atoms with Gasteiger partial charge in [-0.3, -0.25) is 4.79 Å². The van der Waals surface area contributed by atoms with Crippen LogP contribution in [0.1, 0.15) is 19.8 Å². The van der Waals surface area contributed by atoms with E-state index in [-0.39, 0.29) is 5.91 Å². The third-order valence-electron chi connectivity index (χ3n) is 2.70. The number of carbonyl (C=O) groups excluding carboxylic acids is 1. The predicted octanol–water partition coefficient (Wildman–Crippen LogP) is 0.481. The van der Waals surface area contributed by atoms with Gasteiger partial charge in [0.2, 0.25) is 5.91 Å². The summed E-state index contributed by atoms with van der Waals surface area (Å²) in [5, 5.41) is 3.37. The van der Waals surface area contributed by atoms with Crippen molar-refractivity contribution in [3.05, 3.63) is 0 Å². The minimum atomic E-state index is 0.204. The first kappa shape index (κ1) is 12.5. The molecule has 0 atom stereocenters. The predicted molar refractivity (Wildman–Crippen MR) is 59.7 cm³/mol. The van der Waals surface area contributed by atoms with Crippen molar-refractivity contribution in [1.29, 1.82) is 0 Å². The molecule has 0 radical (unpaired) electrons. The molecular formula is C11H22N2O2. The van der Waals surface area contributed by atoms with Gasteiger partial charge in [-0.25, -0.2) is 0 Å². The van der Waals surface area contributed by atoms with Gasteiger partial charge in [-0.2, -0.15) is 0 Å². The van der Waals surface area contributed by atoms with E-state index in [9.17, 15) is 4.79 Å². The van der Waals surface area contributed by atoms with Crippen LogP contribution in [0.15, 0.2) is 0 Å². The van der Waals surface area contributed by atoms with Crippen LogP contribution in [0.25, 0.3) is 0 Å². The average Bonchev–Trinajstić information content (AvgIpc) is 2.14. The van der Waals surface area contributed by atoms with Crippen LogP contribution in [0.5, 0.6) is 0 Å². The minimum Gasteiger partial charge on any atom is -0.380 e. The molecule has 4 heteroatoms. The summed E-state index contributed by atoms with van der Waals surface area (Å²) in [5.41, 5.74) is 0.325. The Hall–Kier alpha value is -0.610. The Bertz CT molecular complexity index is 213. The van der Waals surface area contributed by atoms with Gasteiger partial charge >= 0.3 is 0 Å². The second-order valence-corrected chi connectivity index (χ2v) is 4.87. The van der Waals surface area contributed by atoms with E-state index in [0.29, 0.717) is 11.8 Å². The molecule has 0 aromatic carbocycles. The third kappa shape index (κ3) is 4.18. The Morgan fingerprint density at radius 2 is 2.13 bits per heavy atom.